The normalized spacial score (nSPS) is 18.5. The van der Waals surface area contributed by atoms with Gasteiger partial charge in [-0.15, -0.1) is 0 Å². The molecule has 1 unspecified atom stereocenters. The zero-order valence-corrected chi connectivity index (χ0v) is 14.2. The summed E-state index contributed by atoms with van der Waals surface area (Å²) in [6, 6.07) is 6.16. The van der Waals surface area contributed by atoms with Crippen LogP contribution in [0.2, 0.25) is 10.0 Å². The van der Waals surface area contributed by atoms with Crippen molar-refractivity contribution in [2.24, 2.45) is 0 Å². The van der Waals surface area contributed by atoms with Crippen molar-refractivity contribution in [3.8, 4) is 6.07 Å². The van der Waals surface area contributed by atoms with Gasteiger partial charge in [0.15, 0.2) is 0 Å². The molecule has 1 heterocycles. The number of hydrogen-bond acceptors (Lipinski definition) is 4. The number of hydrogen-bond donors (Lipinski definition) is 0. The summed E-state index contributed by atoms with van der Waals surface area (Å²) in [6.07, 6.45) is 1.71. The highest BCUT2D eigenvalue weighted by Crippen LogP contribution is 2.26. The Balaban J connectivity index is 2.28. The molecule has 0 amide bonds. The maximum atomic E-state index is 12.8. The highest BCUT2D eigenvalue weighted by atomic mass is 35.5. The molecule has 5 nitrogen and oxygen atoms in total. The molecule has 0 saturated carbocycles. The van der Waals surface area contributed by atoms with Crippen LogP contribution in [0.3, 0.4) is 0 Å². The Morgan fingerprint density at radius 3 is 2.55 bits per heavy atom. The first-order valence-electron chi connectivity index (χ1n) is 6.88. The van der Waals surface area contributed by atoms with Gasteiger partial charge in [0.1, 0.15) is 0 Å². The Hall–Kier alpha value is -0.840. The average molecular weight is 363 g/mol. The second kappa shape index (κ2) is 7.62. The molecule has 2 rings (SSSR count). The Morgan fingerprint density at radius 1 is 1.32 bits per heavy atom. The summed E-state index contributed by atoms with van der Waals surface area (Å²) >= 11 is 11.8. The predicted octanol–water partition coefficient (Wildman–Crippen LogP) is 3.08. The number of rotatable bonds is 6. The van der Waals surface area contributed by atoms with Crippen molar-refractivity contribution in [1.29, 1.82) is 5.26 Å². The van der Waals surface area contributed by atoms with Crippen molar-refractivity contribution < 1.29 is 13.2 Å². The summed E-state index contributed by atoms with van der Waals surface area (Å²) in [6.45, 7) is 0.983. The first kappa shape index (κ1) is 17.5. The average Bonchev–Trinajstić information content (AvgIpc) is 2.95. The molecule has 22 heavy (non-hydrogen) atoms. The van der Waals surface area contributed by atoms with Gasteiger partial charge in [-0.2, -0.15) is 9.57 Å². The van der Waals surface area contributed by atoms with Crippen LogP contribution in [0.15, 0.2) is 23.1 Å². The molecule has 1 saturated heterocycles. The molecule has 120 valence electrons. The first-order valence-corrected chi connectivity index (χ1v) is 9.08. The molecular weight excluding hydrogens is 347 g/mol. The van der Waals surface area contributed by atoms with E-state index in [0.717, 1.165) is 12.8 Å². The lowest BCUT2D eigenvalue weighted by Crippen LogP contribution is -2.38. The second-order valence-corrected chi connectivity index (χ2v) is 7.82. The van der Waals surface area contributed by atoms with Crippen LogP contribution in [-0.2, 0) is 14.8 Å². The van der Waals surface area contributed by atoms with Crippen LogP contribution < -0.4 is 0 Å². The van der Waals surface area contributed by atoms with Gasteiger partial charge in [0, 0.05) is 36.2 Å². The van der Waals surface area contributed by atoms with Gasteiger partial charge in [0.25, 0.3) is 0 Å². The van der Waals surface area contributed by atoms with Gasteiger partial charge in [-0.1, -0.05) is 23.2 Å². The standard InChI is InChI=1S/C14H16Cl2N2O3S/c15-11-7-12(16)9-14(8-11)22(19,20)18(5-2-4-17)10-13-3-1-6-21-13/h7-9,13H,1-3,5-6,10H2. The molecule has 0 spiro atoms. The van der Waals surface area contributed by atoms with E-state index in [-0.39, 0.29) is 40.6 Å². The SMILES string of the molecule is N#CCCN(CC1CCCO1)S(=O)(=O)c1cc(Cl)cc(Cl)c1. The minimum absolute atomic E-state index is 0.0286. The van der Waals surface area contributed by atoms with E-state index in [2.05, 4.69) is 0 Å². The van der Waals surface area contributed by atoms with Crippen molar-refractivity contribution >= 4 is 33.2 Å². The maximum absolute atomic E-state index is 12.8. The van der Waals surface area contributed by atoms with Crippen LogP contribution in [0.4, 0.5) is 0 Å². The van der Waals surface area contributed by atoms with E-state index >= 15 is 0 Å². The Bertz CT molecular complexity index is 647. The molecule has 1 aliphatic rings. The lowest BCUT2D eigenvalue weighted by molar-refractivity contribution is 0.0941. The second-order valence-electron chi connectivity index (χ2n) is 5.01. The van der Waals surface area contributed by atoms with E-state index in [1.807, 2.05) is 6.07 Å². The molecule has 0 radical (unpaired) electrons. The summed E-state index contributed by atoms with van der Waals surface area (Å²) in [7, 11) is -3.77. The summed E-state index contributed by atoms with van der Waals surface area (Å²) in [5.74, 6) is 0. The molecule has 0 bridgehead atoms. The monoisotopic (exact) mass is 362 g/mol. The molecule has 8 heteroatoms. The zero-order chi connectivity index (χ0) is 16.2. The fourth-order valence-corrected chi connectivity index (χ4v) is 4.53. The smallest absolute Gasteiger partial charge is 0.243 e. The zero-order valence-electron chi connectivity index (χ0n) is 11.8. The van der Waals surface area contributed by atoms with Gasteiger partial charge in [-0.05, 0) is 31.0 Å². The highest BCUT2D eigenvalue weighted by Gasteiger charge is 2.29. The third-order valence-corrected chi connectivity index (χ3v) is 5.66. The van der Waals surface area contributed by atoms with E-state index in [9.17, 15) is 8.42 Å². The van der Waals surface area contributed by atoms with Crippen LogP contribution >= 0.6 is 23.2 Å². The molecule has 1 aromatic carbocycles. The molecule has 0 aromatic heterocycles. The van der Waals surface area contributed by atoms with E-state index in [1.165, 1.54) is 22.5 Å². The molecule has 0 N–H and O–H groups in total. The Kier molecular flexibility index (Phi) is 6.07. The van der Waals surface area contributed by atoms with E-state index in [4.69, 9.17) is 33.2 Å². The van der Waals surface area contributed by atoms with Crippen molar-refractivity contribution in [3.05, 3.63) is 28.2 Å². The molecule has 1 aromatic rings. The predicted molar refractivity (Wildman–Crippen MR) is 84.4 cm³/mol. The van der Waals surface area contributed by atoms with Crippen LogP contribution in [-0.4, -0.2) is 38.5 Å². The third-order valence-electron chi connectivity index (χ3n) is 3.38. The number of nitriles is 1. The third kappa shape index (κ3) is 4.34. The molecular formula is C14H16Cl2N2O3S. The van der Waals surface area contributed by atoms with Crippen LogP contribution in [0.25, 0.3) is 0 Å². The van der Waals surface area contributed by atoms with Gasteiger partial charge in [0.05, 0.1) is 17.1 Å². The van der Waals surface area contributed by atoms with Crippen molar-refractivity contribution in [2.45, 2.75) is 30.3 Å². The minimum atomic E-state index is -3.77. The number of halogens is 2. The Labute approximate surface area is 140 Å². The fraction of sp³-hybridized carbons (Fsp3) is 0.500. The molecule has 0 aliphatic carbocycles. The summed E-state index contributed by atoms with van der Waals surface area (Å²) in [5.41, 5.74) is 0. The Morgan fingerprint density at radius 2 is 2.00 bits per heavy atom. The maximum Gasteiger partial charge on any atom is 0.243 e. The quantitative estimate of drug-likeness (QED) is 0.779. The van der Waals surface area contributed by atoms with Gasteiger partial charge in [0.2, 0.25) is 10.0 Å². The van der Waals surface area contributed by atoms with Crippen LogP contribution in [0, 0.1) is 11.3 Å². The topological polar surface area (TPSA) is 70.4 Å². The molecule has 1 fully saturated rings. The van der Waals surface area contributed by atoms with E-state index in [1.54, 1.807) is 0 Å². The molecule has 1 aliphatic heterocycles. The minimum Gasteiger partial charge on any atom is -0.377 e. The highest BCUT2D eigenvalue weighted by molar-refractivity contribution is 7.89. The number of ether oxygens (including phenoxy) is 1. The van der Waals surface area contributed by atoms with Crippen molar-refractivity contribution in [3.63, 3.8) is 0 Å². The number of benzene rings is 1. The van der Waals surface area contributed by atoms with Crippen LogP contribution in [0.5, 0.6) is 0 Å². The lowest BCUT2D eigenvalue weighted by Gasteiger charge is -2.24. The van der Waals surface area contributed by atoms with Gasteiger partial charge in [-0.25, -0.2) is 8.42 Å². The van der Waals surface area contributed by atoms with Crippen molar-refractivity contribution in [1.82, 2.24) is 4.31 Å². The fourth-order valence-electron chi connectivity index (χ4n) is 2.33. The lowest BCUT2D eigenvalue weighted by atomic mass is 10.2. The van der Waals surface area contributed by atoms with Crippen LogP contribution in [0.1, 0.15) is 19.3 Å². The van der Waals surface area contributed by atoms with E-state index in [0.29, 0.717) is 6.61 Å². The van der Waals surface area contributed by atoms with Gasteiger partial charge >= 0.3 is 0 Å². The van der Waals surface area contributed by atoms with Gasteiger partial charge in [-0.3, -0.25) is 0 Å². The summed E-state index contributed by atoms with van der Waals surface area (Å²) < 4.78 is 32.3. The van der Waals surface area contributed by atoms with Crippen molar-refractivity contribution in [2.75, 3.05) is 19.7 Å². The number of sulfonamides is 1. The van der Waals surface area contributed by atoms with Gasteiger partial charge < -0.3 is 4.74 Å². The van der Waals surface area contributed by atoms with E-state index < -0.39 is 10.0 Å². The summed E-state index contributed by atoms with van der Waals surface area (Å²) in [5, 5.41) is 9.26. The number of nitrogens with zero attached hydrogens (tertiary/aromatic N) is 2. The largest absolute Gasteiger partial charge is 0.377 e. The summed E-state index contributed by atoms with van der Waals surface area (Å²) in [4.78, 5) is 0.0286. The first-order chi connectivity index (χ1) is 10.4. The molecule has 1 atom stereocenters.